The highest BCUT2D eigenvalue weighted by Gasteiger charge is 2.38. The summed E-state index contributed by atoms with van der Waals surface area (Å²) >= 11 is 0. The number of fused-ring (bicyclic) bond motifs is 3. The SMILES string of the molecule is Cc1ccc(S(=O)(=O)N2CCc3c([nH]c4ccccc34)[C@H]2C#N)cc1. The van der Waals surface area contributed by atoms with Crippen molar-refractivity contribution in [3.63, 3.8) is 0 Å². The van der Waals surface area contributed by atoms with Gasteiger partial charge in [-0.3, -0.25) is 0 Å². The van der Waals surface area contributed by atoms with E-state index < -0.39 is 16.1 Å². The third-order valence-electron chi connectivity index (χ3n) is 4.74. The summed E-state index contributed by atoms with van der Waals surface area (Å²) in [4.78, 5) is 3.47. The molecule has 1 aliphatic rings. The number of aryl methyl sites for hydroxylation is 1. The second-order valence-corrected chi connectivity index (χ2v) is 8.16. The lowest BCUT2D eigenvalue weighted by atomic mass is 10.00. The zero-order valence-electron chi connectivity index (χ0n) is 13.7. The molecule has 1 aliphatic heterocycles. The number of hydrogen-bond acceptors (Lipinski definition) is 3. The largest absolute Gasteiger partial charge is 0.356 e. The van der Waals surface area contributed by atoms with Crippen LogP contribution in [-0.2, 0) is 16.4 Å². The molecule has 2 heterocycles. The molecule has 0 fully saturated rings. The Balaban J connectivity index is 1.82. The van der Waals surface area contributed by atoms with E-state index >= 15 is 0 Å². The van der Waals surface area contributed by atoms with Gasteiger partial charge in [-0.15, -0.1) is 0 Å². The van der Waals surface area contributed by atoms with Crippen LogP contribution < -0.4 is 0 Å². The number of nitrogens with zero attached hydrogens (tertiary/aromatic N) is 2. The molecule has 25 heavy (non-hydrogen) atoms. The minimum Gasteiger partial charge on any atom is -0.356 e. The maximum Gasteiger partial charge on any atom is 0.244 e. The molecule has 1 N–H and O–H groups in total. The molecule has 0 radical (unpaired) electrons. The van der Waals surface area contributed by atoms with Crippen molar-refractivity contribution >= 4 is 20.9 Å². The molecule has 0 saturated heterocycles. The Hall–Kier alpha value is -2.62. The molecule has 0 saturated carbocycles. The van der Waals surface area contributed by atoms with Gasteiger partial charge in [-0.25, -0.2) is 8.42 Å². The maximum atomic E-state index is 13.1. The predicted octanol–water partition coefficient (Wildman–Crippen LogP) is 3.29. The first-order valence-electron chi connectivity index (χ1n) is 8.10. The number of nitriles is 1. The number of para-hydroxylation sites is 1. The van der Waals surface area contributed by atoms with E-state index in [9.17, 15) is 13.7 Å². The minimum atomic E-state index is -3.73. The van der Waals surface area contributed by atoms with Gasteiger partial charge < -0.3 is 4.98 Å². The third kappa shape index (κ3) is 2.44. The molecule has 0 unspecified atom stereocenters. The van der Waals surface area contributed by atoms with E-state index in [2.05, 4.69) is 11.1 Å². The highest BCUT2D eigenvalue weighted by atomic mass is 32.2. The Morgan fingerprint density at radius 3 is 2.60 bits per heavy atom. The summed E-state index contributed by atoms with van der Waals surface area (Å²) < 4.78 is 27.4. The normalized spacial score (nSPS) is 18.0. The van der Waals surface area contributed by atoms with Crippen LogP contribution in [0.3, 0.4) is 0 Å². The van der Waals surface area contributed by atoms with Crippen molar-refractivity contribution in [1.82, 2.24) is 9.29 Å². The Labute approximate surface area is 146 Å². The summed E-state index contributed by atoms with van der Waals surface area (Å²) in [7, 11) is -3.73. The van der Waals surface area contributed by atoms with Gasteiger partial charge in [0.1, 0.15) is 0 Å². The fraction of sp³-hybridized carbons (Fsp3) is 0.211. The molecular weight excluding hydrogens is 334 g/mol. The molecule has 6 heteroatoms. The van der Waals surface area contributed by atoms with E-state index in [1.807, 2.05) is 31.2 Å². The van der Waals surface area contributed by atoms with Crippen LogP contribution in [0.1, 0.15) is 22.9 Å². The van der Waals surface area contributed by atoms with Gasteiger partial charge in [0.05, 0.1) is 16.7 Å². The average Bonchev–Trinajstić information content (AvgIpc) is 3.00. The minimum absolute atomic E-state index is 0.220. The van der Waals surface area contributed by atoms with Crippen LogP contribution in [-0.4, -0.2) is 24.3 Å². The number of H-pyrrole nitrogens is 1. The number of rotatable bonds is 2. The van der Waals surface area contributed by atoms with E-state index in [1.54, 1.807) is 24.3 Å². The Morgan fingerprint density at radius 2 is 1.88 bits per heavy atom. The molecule has 126 valence electrons. The number of benzene rings is 2. The van der Waals surface area contributed by atoms with Crippen molar-refractivity contribution in [2.45, 2.75) is 24.3 Å². The number of sulfonamides is 1. The second-order valence-electron chi connectivity index (χ2n) is 6.27. The van der Waals surface area contributed by atoms with E-state index in [-0.39, 0.29) is 4.90 Å². The first-order valence-corrected chi connectivity index (χ1v) is 9.54. The Morgan fingerprint density at radius 1 is 1.16 bits per heavy atom. The summed E-state index contributed by atoms with van der Waals surface area (Å²) in [6, 6.07) is 15.9. The second kappa shape index (κ2) is 5.73. The summed E-state index contributed by atoms with van der Waals surface area (Å²) in [6.45, 7) is 2.20. The summed E-state index contributed by atoms with van der Waals surface area (Å²) in [5.74, 6) is 0. The van der Waals surface area contributed by atoms with E-state index in [4.69, 9.17) is 0 Å². The van der Waals surface area contributed by atoms with Gasteiger partial charge in [0, 0.05) is 17.4 Å². The highest BCUT2D eigenvalue weighted by molar-refractivity contribution is 7.89. The summed E-state index contributed by atoms with van der Waals surface area (Å²) in [5, 5.41) is 10.8. The van der Waals surface area contributed by atoms with Crippen molar-refractivity contribution in [3.8, 4) is 6.07 Å². The predicted molar refractivity (Wildman–Crippen MR) is 95.4 cm³/mol. The van der Waals surface area contributed by atoms with Gasteiger partial charge in [0.15, 0.2) is 6.04 Å². The zero-order chi connectivity index (χ0) is 17.6. The molecular formula is C19H17N3O2S. The van der Waals surface area contributed by atoms with Crippen LogP contribution in [0.25, 0.3) is 10.9 Å². The average molecular weight is 351 g/mol. The topological polar surface area (TPSA) is 77.0 Å². The quantitative estimate of drug-likeness (QED) is 0.769. The van der Waals surface area contributed by atoms with Crippen LogP contribution in [0.2, 0.25) is 0 Å². The van der Waals surface area contributed by atoms with E-state index in [0.29, 0.717) is 18.7 Å². The van der Waals surface area contributed by atoms with E-state index in [1.165, 1.54) is 4.31 Å². The third-order valence-corrected chi connectivity index (χ3v) is 6.62. The zero-order valence-corrected chi connectivity index (χ0v) is 14.5. The van der Waals surface area contributed by atoms with Gasteiger partial charge in [-0.2, -0.15) is 9.57 Å². The monoisotopic (exact) mass is 351 g/mol. The maximum absolute atomic E-state index is 13.1. The van der Waals surface area contributed by atoms with Crippen molar-refractivity contribution in [3.05, 3.63) is 65.4 Å². The van der Waals surface area contributed by atoms with Gasteiger partial charge >= 0.3 is 0 Å². The van der Waals surface area contributed by atoms with Gasteiger partial charge in [0.2, 0.25) is 10.0 Å². The highest BCUT2D eigenvalue weighted by Crippen LogP contribution is 2.37. The molecule has 4 rings (SSSR count). The first kappa shape index (κ1) is 15.9. The fourth-order valence-corrected chi connectivity index (χ4v) is 4.96. The molecule has 0 bridgehead atoms. The number of nitrogens with one attached hydrogen (secondary N) is 1. The smallest absolute Gasteiger partial charge is 0.244 e. The van der Waals surface area contributed by atoms with Crippen LogP contribution in [0.4, 0.5) is 0 Å². The summed E-state index contributed by atoms with van der Waals surface area (Å²) in [5.41, 5.74) is 3.65. The van der Waals surface area contributed by atoms with Crippen LogP contribution in [0.5, 0.6) is 0 Å². The number of aromatic amines is 1. The van der Waals surface area contributed by atoms with Gasteiger partial charge in [0.25, 0.3) is 0 Å². The lowest BCUT2D eigenvalue weighted by Gasteiger charge is -2.30. The molecule has 2 aromatic carbocycles. The molecule has 3 aromatic rings. The van der Waals surface area contributed by atoms with Crippen molar-refractivity contribution in [1.29, 1.82) is 5.26 Å². The lowest BCUT2D eigenvalue weighted by Crippen LogP contribution is -2.39. The fourth-order valence-electron chi connectivity index (χ4n) is 3.45. The summed E-state index contributed by atoms with van der Waals surface area (Å²) in [6.07, 6.45) is 0.586. The van der Waals surface area contributed by atoms with Crippen LogP contribution in [0.15, 0.2) is 53.4 Å². The molecule has 5 nitrogen and oxygen atoms in total. The van der Waals surface area contributed by atoms with Crippen LogP contribution >= 0.6 is 0 Å². The number of aromatic nitrogens is 1. The lowest BCUT2D eigenvalue weighted by molar-refractivity contribution is 0.353. The molecule has 1 atom stereocenters. The van der Waals surface area contributed by atoms with E-state index in [0.717, 1.165) is 22.0 Å². The molecule has 0 aliphatic carbocycles. The molecule has 0 spiro atoms. The van der Waals surface area contributed by atoms with Crippen molar-refractivity contribution in [2.75, 3.05) is 6.54 Å². The van der Waals surface area contributed by atoms with Crippen molar-refractivity contribution in [2.24, 2.45) is 0 Å². The molecule has 1 aromatic heterocycles. The Bertz CT molecular complexity index is 1090. The standard InChI is InChI=1S/C19H17N3O2S/c1-13-6-8-14(9-7-13)25(23,24)22-11-10-16-15-4-2-3-5-17(15)21-19(16)18(22)12-20/h2-9,18,21H,10-11H2,1H3/t18-/m1/s1. The van der Waals surface area contributed by atoms with Gasteiger partial charge in [-0.1, -0.05) is 35.9 Å². The Kier molecular flexibility index (Phi) is 3.64. The van der Waals surface area contributed by atoms with Crippen molar-refractivity contribution < 1.29 is 8.42 Å². The molecule has 0 amide bonds. The first-order chi connectivity index (χ1) is 12.0. The number of hydrogen-bond donors (Lipinski definition) is 1. The van der Waals surface area contributed by atoms with Gasteiger partial charge in [-0.05, 0) is 37.1 Å². The van der Waals surface area contributed by atoms with Crippen LogP contribution in [0, 0.1) is 18.3 Å².